The molecule has 0 spiro atoms. The smallest absolute Gasteiger partial charge is 0.221 e. The van der Waals surface area contributed by atoms with Crippen molar-refractivity contribution in [2.24, 2.45) is 0 Å². The van der Waals surface area contributed by atoms with Crippen molar-refractivity contribution in [3.05, 3.63) is 35.0 Å². The molecule has 0 unspecified atom stereocenters. The van der Waals surface area contributed by atoms with Crippen molar-refractivity contribution < 1.29 is 0 Å². The van der Waals surface area contributed by atoms with Crippen LogP contribution in [0.5, 0.6) is 0 Å². The molecule has 3 heterocycles. The molecule has 0 bridgehead atoms. The van der Waals surface area contributed by atoms with Gasteiger partial charge in [-0.15, -0.1) is 0 Å². The van der Waals surface area contributed by atoms with E-state index in [4.69, 9.17) is 0 Å². The van der Waals surface area contributed by atoms with Crippen LogP contribution in [0.4, 0.5) is 0 Å². The summed E-state index contributed by atoms with van der Waals surface area (Å²) < 4.78 is 4.28. The van der Waals surface area contributed by atoms with Gasteiger partial charge in [-0.05, 0) is 22.9 Å². The first-order chi connectivity index (χ1) is 7.74. The van der Waals surface area contributed by atoms with Crippen LogP contribution in [0.3, 0.4) is 0 Å². The van der Waals surface area contributed by atoms with Crippen LogP contribution < -0.4 is 0 Å². The molecule has 0 N–H and O–H groups in total. The van der Waals surface area contributed by atoms with E-state index in [9.17, 15) is 0 Å². The van der Waals surface area contributed by atoms with E-state index >= 15 is 0 Å². The molecule has 0 saturated carbocycles. The van der Waals surface area contributed by atoms with Crippen LogP contribution in [-0.2, 0) is 0 Å². The Morgan fingerprint density at radius 2 is 2.19 bits per heavy atom. The minimum Gasteiger partial charge on any atom is -0.221 e. The predicted octanol–water partition coefficient (Wildman–Crippen LogP) is 1.38. The Morgan fingerprint density at radius 3 is 2.94 bits per heavy atom. The first-order valence-corrected chi connectivity index (χ1v) is 5.41. The summed E-state index contributed by atoms with van der Waals surface area (Å²) in [5, 5.41) is 8.32. The molecule has 0 aromatic carbocycles. The van der Waals surface area contributed by atoms with Gasteiger partial charge in [0.2, 0.25) is 0 Å². The molecule has 0 radical (unpaired) electrons. The maximum absolute atomic E-state index is 4.27. The van der Waals surface area contributed by atoms with Crippen LogP contribution in [0.25, 0.3) is 11.6 Å². The second-order valence-corrected chi connectivity index (χ2v) is 4.25. The van der Waals surface area contributed by atoms with Crippen LogP contribution in [0.2, 0.25) is 0 Å². The lowest BCUT2D eigenvalue weighted by Gasteiger charge is -2.04. The van der Waals surface area contributed by atoms with Gasteiger partial charge in [0.1, 0.15) is 6.33 Å². The van der Waals surface area contributed by atoms with Crippen molar-refractivity contribution in [1.82, 2.24) is 29.4 Å². The molecule has 3 rings (SSSR count). The molecule has 6 nitrogen and oxygen atoms in total. The molecule has 0 atom stereocenters. The zero-order chi connectivity index (χ0) is 11.1. The fourth-order valence-electron chi connectivity index (χ4n) is 1.50. The third-order valence-corrected chi connectivity index (χ3v) is 2.56. The number of rotatable bonds is 1. The fourth-order valence-corrected chi connectivity index (χ4v) is 1.79. The van der Waals surface area contributed by atoms with E-state index in [1.165, 1.54) is 6.33 Å². The summed E-state index contributed by atoms with van der Waals surface area (Å²) in [5.74, 6) is 1.38. The van der Waals surface area contributed by atoms with Gasteiger partial charge >= 0.3 is 0 Å². The summed E-state index contributed by atoms with van der Waals surface area (Å²) in [6.07, 6.45) is 5.05. The zero-order valence-corrected chi connectivity index (χ0v) is 9.96. The molecular formula is C9H7BrN6. The number of nitrogens with zero attached hydrogens (tertiary/aromatic N) is 6. The Balaban J connectivity index is 2.33. The minimum atomic E-state index is 0.571. The Bertz CT molecular complexity index is 655. The van der Waals surface area contributed by atoms with Crippen molar-refractivity contribution in [2.75, 3.05) is 0 Å². The van der Waals surface area contributed by atoms with E-state index in [2.05, 4.69) is 36.1 Å². The van der Waals surface area contributed by atoms with Gasteiger partial charge in [-0.3, -0.25) is 0 Å². The second kappa shape index (κ2) is 3.38. The highest BCUT2D eigenvalue weighted by Crippen LogP contribution is 2.13. The highest BCUT2D eigenvalue weighted by molar-refractivity contribution is 9.10. The van der Waals surface area contributed by atoms with Crippen molar-refractivity contribution in [3.8, 4) is 5.82 Å². The van der Waals surface area contributed by atoms with Gasteiger partial charge in [0.15, 0.2) is 5.82 Å². The predicted molar refractivity (Wildman–Crippen MR) is 60.3 cm³/mol. The van der Waals surface area contributed by atoms with E-state index in [0.29, 0.717) is 5.78 Å². The Hall–Kier alpha value is -1.76. The summed E-state index contributed by atoms with van der Waals surface area (Å²) in [4.78, 5) is 8.33. The van der Waals surface area contributed by atoms with Gasteiger partial charge < -0.3 is 0 Å². The summed E-state index contributed by atoms with van der Waals surface area (Å²) in [6.45, 7) is 1.91. The number of hydrogen-bond acceptors (Lipinski definition) is 4. The van der Waals surface area contributed by atoms with Crippen LogP contribution in [0.15, 0.2) is 29.3 Å². The lowest BCUT2D eigenvalue weighted by Crippen LogP contribution is -2.06. The number of hydrogen-bond donors (Lipinski definition) is 0. The van der Waals surface area contributed by atoms with Crippen molar-refractivity contribution in [2.45, 2.75) is 6.92 Å². The van der Waals surface area contributed by atoms with Crippen LogP contribution in [0, 0.1) is 6.92 Å². The summed E-state index contributed by atoms with van der Waals surface area (Å²) >= 11 is 3.36. The van der Waals surface area contributed by atoms with Gasteiger partial charge in [-0.2, -0.15) is 19.7 Å². The molecule has 0 amide bonds. The maximum Gasteiger partial charge on any atom is 0.254 e. The van der Waals surface area contributed by atoms with Gasteiger partial charge in [-0.1, -0.05) is 0 Å². The van der Waals surface area contributed by atoms with Crippen LogP contribution >= 0.6 is 15.9 Å². The molecule has 16 heavy (non-hydrogen) atoms. The van der Waals surface area contributed by atoms with Gasteiger partial charge in [-0.25, -0.2) is 9.67 Å². The quantitative estimate of drug-likeness (QED) is 0.675. The topological polar surface area (TPSA) is 60.9 Å². The summed E-state index contributed by atoms with van der Waals surface area (Å²) in [5.41, 5.74) is 0.877. The molecule has 80 valence electrons. The molecule has 0 aliphatic carbocycles. The molecular weight excluding hydrogens is 272 g/mol. The van der Waals surface area contributed by atoms with Crippen LogP contribution in [0.1, 0.15) is 5.69 Å². The lowest BCUT2D eigenvalue weighted by molar-refractivity contribution is 0.777. The van der Waals surface area contributed by atoms with E-state index in [0.717, 1.165) is 16.0 Å². The molecule has 0 fully saturated rings. The first-order valence-electron chi connectivity index (χ1n) is 4.62. The monoisotopic (exact) mass is 278 g/mol. The Labute approximate surface area is 99.1 Å². The van der Waals surface area contributed by atoms with Gasteiger partial charge in [0, 0.05) is 18.0 Å². The number of aryl methyl sites for hydroxylation is 1. The highest BCUT2D eigenvalue weighted by atomic mass is 79.9. The fraction of sp³-hybridized carbons (Fsp3) is 0.111. The standard InChI is InChI=1S/C9H7BrN6/c1-6-2-8(15-4-7(10)3-12-15)16-9(14-6)11-5-13-16/h2-5H,1H3. The van der Waals surface area contributed by atoms with Crippen LogP contribution in [-0.4, -0.2) is 29.4 Å². The number of aromatic nitrogens is 6. The average Bonchev–Trinajstić information content (AvgIpc) is 2.84. The van der Waals surface area contributed by atoms with Gasteiger partial charge in [0.25, 0.3) is 5.78 Å². The van der Waals surface area contributed by atoms with E-state index in [1.54, 1.807) is 15.4 Å². The van der Waals surface area contributed by atoms with E-state index in [-0.39, 0.29) is 0 Å². The van der Waals surface area contributed by atoms with E-state index < -0.39 is 0 Å². The second-order valence-electron chi connectivity index (χ2n) is 3.33. The Kier molecular flexibility index (Phi) is 2.00. The zero-order valence-electron chi connectivity index (χ0n) is 8.37. The van der Waals surface area contributed by atoms with E-state index in [1.807, 2.05) is 19.2 Å². The highest BCUT2D eigenvalue weighted by Gasteiger charge is 2.08. The lowest BCUT2D eigenvalue weighted by atomic mass is 10.4. The molecule has 3 aromatic heterocycles. The Morgan fingerprint density at radius 1 is 1.31 bits per heavy atom. The number of halogens is 1. The summed E-state index contributed by atoms with van der Waals surface area (Å²) in [6, 6.07) is 1.90. The average molecular weight is 279 g/mol. The van der Waals surface area contributed by atoms with Crippen molar-refractivity contribution in [1.29, 1.82) is 0 Å². The molecule has 7 heteroatoms. The minimum absolute atomic E-state index is 0.571. The number of fused-ring (bicyclic) bond motifs is 1. The maximum atomic E-state index is 4.27. The van der Waals surface area contributed by atoms with Crippen molar-refractivity contribution in [3.63, 3.8) is 0 Å². The normalized spacial score (nSPS) is 11.1. The molecule has 0 saturated heterocycles. The third-order valence-electron chi connectivity index (χ3n) is 2.15. The summed E-state index contributed by atoms with van der Waals surface area (Å²) in [7, 11) is 0. The molecule has 3 aromatic rings. The molecule has 0 aliphatic heterocycles. The third kappa shape index (κ3) is 1.40. The van der Waals surface area contributed by atoms with Gasteiger partial charge in [0.05, 0.1) is 10.7 Å². The molecule has 0 aliphatic rings. The largest absolute Gasteiger partial charge is 0.254 e. The van der Waals surface area contributed by atoms with Crippen molar-refractivity contribution >= 4 is 21.7 Å². The SMILES string of the molecule is Cc1cc(-n2cc(Br)cn2)n2ncnc2n1. The first kappa shape index (κ1) is 9.46.